The van der Waals surface area contributed by atoms with E-state index in [1.165, 1.54) is 12.3 Å². The molecule has 5 heteroatoms. The number of aromatic nitrogens is 1. The van der Waals surface area contributed by atoms with Crippen molar-refractivity contribution in [1.29, 1.82) is 0 Å². The SMILES string of the molecule is Cc1ccccc1CC(=O)NCc1ccc(Oc2cccnc2)c(F)c1. The van der Waals surface area contributed by atoms with Gasteiger partial charge in [-0.1, -0.05) is 30.3 Å². The minimum absolute atomic E-state index is 0.101. The van der Waals surface area contributed by atoms with Crippen molar-refractivity contribution >= 4 is 5.91 Å². The molecule has 1 N–H and O–H groups in total. The Morgan fingerprint density at radius 2 is 2.00 bits per heavy atom. The number of benzene rings is 2. The summed E-state index contributed by atoms with van der Waals surface area (Å²) >= 11 is 0. The van der Waals surface area contributed by atoms with Gasteiger partial charge in [-0.3, -0.25) is 9.78 Å². The topological polar surface area (TPSA) is 51.2 Å². The van der Waals surface area contributed by atoms with Gasteiger partial charge in [0.25, 0.3) is 0 Å². The molecule has 0 bridgehead atoms. The summed E-state index contributed by atoms with van der Waals surface area (Å²) in [7, 11) is 0. The van der Waals surface area contributed by atoms with E-state index in [1.807, 2.05) is 31.2 Å². The molecule has 0 aliphatic carbocycles. The van der Waals surface area contributed by atoms with Gasteiger partial charge in [0.15, 0.2) is 11.6 Å². The third-order valence-electron chi connectivity index (χ3n) is 3.96. The molecule has 0 atom stereocenters. The lowest BCUT2D eigenvalue weighted by molar-refractivity contribution is -0.120. The summed E-state index contributed by atoms with van der Waals surface area (Å²) in [6.07, 6.45) is 3.43. The van der Waals surface area contributed by atoms with E-state index in [4.69, 9.17) is 4.74 Å². The fourth-order valence-corrected chi connectivity index (χ4v) is 2.52. The van der Waals surface area contributed by atoms with Crippen LogP contribution in [0.4, 0.5) is 4.39 Å². The fraction of sp³-hybridized carbons (Fsp3) is 0.143. The number of nitrogens with one attached hydrogen (secondary N) is 1. The standard InChI is InChI=1S/C21H19FN2O2/c1-15-5-2-3-6-17(15)12-21(25)24-13-16-8-9-20(19(22)11-16)26-18-7-4-10-23-14-18/h2-11,14H,12-13H2,1H3,(H,24,25). The van der Waals surface area contributed by atoms with Crippen molar-refractivity contribution in [3.8, 4) is 11.5 Å². The lowest BCUT2D eigenvalue weighted by atomic mass is 10.1. The monoisotopic (exact) mass is 350 g/mol. The van der Waals surface area contributed by atoms with Crippen molar-refractivity contribution < 1.29 is 13.9 Å². The number of aryl methyl sites for hydroxylation is 1. The number of rotatable bonds is 6. The van der Waals surface area contributed by atoms with Crippen molar-refractivity contribution in [3.05, 3.63) is 89.5 Å². The molecular weight excluding hydrogens is 331 g/mol. The second-order valence-corrected chi connectivity index (χ2v) is 5.94. The Kier molecular flexibility index (Phi) is 5.59. The van der Waals surface area contributed by atoms with Gasteiger partial charge in [-0.25, -0.2) is 4.39 Å². The number of amides is 1. The first-order valence-corrected chi connectivity index (χ1v) is 8.29. The molecule has 1 heterocycles. The van der Waals surface area contributed by atoms with Gasteiger partial charge in [-0.05, 0) is 47.9 Å². The molecule has 0 aliphatic heterocycles. The maximum atomic E-state index is 14.2. The molecule has 0 saturated carbocycles. The second kappa shape index (κ2) is 8.25. The summed E-state index contributed by atoms with van der Waals surface area (Å²) in [6, 6.07) is 15.8. The van der Waals surface area contributed by atoms with Crippen LogP contribution in [0.5, 0.6) is 11.5 Å². The zero-order valence-electron chi connectivity index (χ0n) is 14.4. The van der Waals surface area contributed by atoms with Crippen LogP contribution in [0, 0.1) is 12.7 Å². The van der Waals surface area contributed by atoms with E-state index in [9.17, 15) is 9.18 Å². The summed E-state index contributed by atoms with van der Waals surface area (Å²) < 4.78 is 19.7. The van der Waals surface area contributed by atoms with Crippen LogP contribution in [0.3, 0.4) is 0 Å². The number of nitrogens with zero attached hydrogens (tertiary/aromatic N) is 1. The van der Waals surface area contributed by atoms with Gasteiger partial charge in [0, 0.05) is 12.7 Å². The number of ether oxygens (including phenoxy) is 1. The minimum Gasteiger partial charge on any atom is -0.453 e. The number of hydrogen-bond acceptors (Lipinski definition) is 3. The zero-order valence-corrected chi connectivity index (χ0v) is 14.4. The molecule has 0 aliphatic rings. The largest absolute Gasteiger partial charge is 0.453 e. The fourth-order valence-electron chi connectivity index (χ4n) is 2.52. The Balaban J connectivity index is 1.58. The summed E-state index contributed by atoms with van der Waals surface area (Å²) in [5.74, 6) is -0.00595. The van der Waals surface area contributed by atoms with Crippen LogP contribution < -0.4 is 10.1 Å². The van der Waals surface area contributed by atoms with Crippen LogP contribution >= 0.6 is 0 Å². The first-order valence-electron chi connectivity index (χ1n) is 8.29. The van der Waals surface area contributed by atoms with E-state index in [-0.39, 0.29) is 18.2 Å². The van der Waals surface area contributed by atoms with Gasteiger partial charge in [-0.15, -0.1) is 0 Å². The molecule has 0 radical (unpaired) electrons. The minimum atomic E-state index is -0.487. The van der Waals surface area contributed by atoms with Gasteiger partial charge >= 0.3 is 0 Å². The Morgan fingerprint density at radius 3 is 2.73 bits per heavy atom. The highest BCUT2D eigenvalue weighted by Crippen LogP contribution is 2.24. The predicted octanol–water partition coefficient (Wildman–Crippen LogP) is 4.18. The number of pyridine rings is 1. The van der Waals surface area contributed by atoms with Gasteiger partial charge in [0.05, 0.1) is 12.6 Å². The number of hydrogen-bond donors (Lipinski definition) is 1. The van der Waals surface area contributed by atoms with Crippen molar-refractivity contribution in [3.63, 3.8) is 0 Å². The summed E-state index contributed by atoms with van der Waals surface area (Å²) in [5.41, 5.74) is 2.72. The summed E-state index contributed by atoms with van der Waals surface area (Å²) in [5, 5.41) is 2.81. The van der Waals surface area contributed by atoms with Crippen molar-refractivity contribution in [1.82, 2.24) is 10.3 Å². The lowest BCUT2D eigenvalue weighted by Gasteiger charge is -2.10. The average molecular weight is 350 g/mol. The molecule has 2 aromatic carbocycles. The third kappa shape index (κ3) is 4.66. The van der Waals surface area contributed by atoms with E-state index in [1.54, 1.807) is 30.5 Å². The van der Waals surface area contributed by atoms with Gasteiger partial charge in [0.2, 0.25) is 5.91 Å². The molecule has 0 fully saturated rings. The molecule has 0 spiro atoms. The van der Waals surface area contributed by atoms with E-state index in [0.717, 1.165) is 11.1 Å². The van der Waals surface area contributed by atoms with Gasteiger partial charge in [-0.2, -0.15) is 0 Å². The third-order valence-corrected chi connectivity index (χ3v) is 3.96. The molecule has 4 nitrogen and oxygen atoms in total. The average Bonchev–Trinajstić information content (AvgIpc) is 2.65. The van der Waals surface area contributed by atoms with Crippen molar-refractivity contribution in [2.75, 3.05) is 0 Å². The Labute approximate surface area is 151 Å². The Bertz CT molecular complexity index is 898. The second-order valence-electron chi connectivity index (χ2n) is 5.94. The van der Waals surface area contributed by atoms with Crippen LogP contribution in [0.25, 0.3) is 0 Å². The molecule has 1 amide bonds. The Hall–Kier alpha value is -3.21. The van der Waals surface area contributed by atoms with Crippen molar-refractivity contribution in [2.24, 2.45) is 0 Å². The Morgan fingerprint density at radius 1 is 1.15 bits per heavy atom. The van der Waals surface area contributed by atoms with E-state index < -0.39 is 5.82 Å². The highest BCUT2D eigenvalue weighted by atomic mass is 19.1. The van der Waals surface area contributed by atoms with Crippen molar-refractivity contribution in [2.45, 2.75) is 19.9 Å². The van der Waals surface area contributed by atoms with Gasteiger partial charge < -0.3 is 10.1 Å². The molecule has 0 saturated heterocycles. The number of carbonyl (C=O) groups is 1. The lowest BCUT2D eigenvalue weighted by Crippen LogP contribution is -2.24. The van der Waals surface area contributed by atoms with E-state index in [0.29, 0.717) is 17.7 Å². The summed E-state index contributed by atoms with van der Waals surface area (Å²) in [6.45, 7) is 2.23. The highest BCUT2D eigenvalue weighted by Gasteiger charge is 2.09. The molecule has 26 heavy (non-hydrogen) atoms. The molecule has 3 aromatic rings. The maximum Gasteiger partial charge on any atom is 0.224 e. The molecule has 132 valence electrons. The van der Waals surface area contributed by atoms with Crippen LogP contribution in [0.2, 0.25) is 0 Å². The normalized spacial score (nSPS) is 10.4. The van der Waals surface area contributed by atoms with E-state index in [2.05, 4.69) is 10.3 Å². The molecule has 0 unspecified atom stereocenters. The van der Waals surface area contributed by atoms with Crippen LogP contribution in [-0.4, -0.2) is 10.9 Å². The van der Waals surface area contributed by atoms with Crippen LogP contribution in [0.15, 0.2) is 67.0 Å². The summed E-state index contributed by atoms with van der Waals surface area (Å²) in [4.78, 5) is 16.0. The van der Waals surface area contributed by atoms with E-state index >= 15 is 0 Å². The van der Waals surface area contributed by atoms with Crippen LogP contribution in [0.1, 0.15) is 16.7 Å². The molecular formula is C21H19FN2O2. The molecule has 3 rings (SSSR count). The highest BCUT2D eigenvalue weighted by molar-refractivity contribution is 5.78. The first-order chi connectivity index (χ1) is 12.6. The van der Waals surface area contributed by atoms with Crippen LogP contribution in [-0.2, 0) is 17.8 Å². The number of halogens is 1. The predicted molar refractivity (Wildman–Crippen MR) is 97.4 cm³/mol. The smallest absolute Gasteiger partial charge is 0.224 e. The molecule has 1 aromatic heterocycles. The van der Waals surface area contributed by atoms with Gasteiger partial charge in [0.1, 0.15) is 5.75 Å². The first kappa shape index (κ1) is 17.6. The number of carbonyl (C=O) groups excluding carboxylic acids is 1. The quantitative estimate of drug-likeness (QED) is 0.725. The maximum absolute atomic E-state index is 14.2. The zero-order chi connectivity index (χ0) is 18.4.